The molecule has 0 saturated heterocycles. The molecule has 112 valence electrons. The fraction of sp³-hybridized carbons (Fsp3) is 0.538. The molecule has 1 saturated carbocycles. The molecular weight excluding hydrogens is 319 g/mol. The zero-order chi connectivity index (χ0) is 14.8. The van der Waals surface area contributed by atoms with Crippen LogP contribution < -0.4 is 10.0 Å². The molecule has 0 spiro atoms. The fourth-order valence-electron chi connectivity index (χ4n) is 2.43. The first-order valence-corrected chi connectivity index (χ1v) is 8.81. The second kappa shape index (κ2) is 6.62. The van der Waals surface area contributed by atoms with Crippen LogP contribution in [0, 0.1) is 0 Å². The van der Waals surface area contributed by atoms with Crippen molar-refractivity contribution < 1.29 is 8.42 Å². The Morgan fingerprint density at radius 3 is 2.20 bits per heavy atom. The highest BCUT2D eigenvalue weighted by atomic mass is 35.5. The molecule has 7 heteroatoms. The molecular formula is C13H18Cl2N2O2S. The molecule has 0 radical (unpaired) electrons. The van der Waals surface area contributed by atoms with Crippen molar-refractivity contribution >= 4 is 33.2 Å². The van der Waals surface area contributed by atoms with Gasteiger partial charge in [-0.15, -0.1) is 0 Å². The normalized spacial score (nSPS) is 23.8. The van der Waals surface area contributed by atoms with Gasteiger partial charge in [0.15, 0.2) is 0 Å². The molecule has 1 fully saturated rings. The molecule has 0 unspecified atom stereocenters. The highest BCUT2D eigenvalue weighted by Crippen LogP contribution is 2.26. The van der Waals surface area contributed by atoms with Crippen LogP contribution in [0.3, 0.4) is 0 Å². The van der Waals surface area contributed by atoms with E-state index in [0.29, 0.717) is 11.1 Å². The lowest BCUT2D eigenvalue weighted by Gasteiger charge is -2.28. The SMILES string of the molecule is CNC1CCC(NS(=O)(=O)c2ccc(Cl)c(Cl)c2)CC1. The monoisotopic (exact) mass is 336 g/mol. The largest absolute Gasteiger partial charge is 0.317 e. The Hall–Kier alpha value is -0.330. The molecule has 2 N–H and O–H groups in total. The molecule has 0 aromatic heterocycles. The van der Waals surface area contributed by atoms with E-state index in [1.807, 2.05) is 7.05 Å². The third-order valence-electron chi connectivity index (χ3n) is 3.66. The van der Waals surface area contributed by atoms with Crippen molar-refractivity contribution in [1.29, 1.82) is 0 Å². The number of hydrogen-bond donors (Lipinski definition) is 2. The van der Waals surface area contributed by atoms with Crippen molar-refractivity contribution in [2.45, 2.75) is 42.7 Å². The van der Waals surface area contributed by atoms with E-state index in [0.717, 1.165) is 25.7 Å². The van der Waals surface area contributed by atoms with Crippen LogP contribution in [-0.4, -0.2) is 27.5 Å². The molecule has 0 atom stereocenters. The zero-order valence-corrected chi connectivity index (χ0v) is 13.5. The minimum Gasteiger partial charge on any atom is -0.317 e. The van der Waals surface area contributed by atoms with Gasteiger partial charge in [0.25, 0.3) is 0 Å². The zero-order valence-electron chi connectivity index (χ0n) is 11.2. The topological polar surface area (TPSA) is 58.2 Å². The van der Waals surface area contributed by atoms with Gasteiger partial charge in [0, 0.05) is 12.1 Å². The lowest BCUT2D eigenvalue weighted by Crippen LogP contribution is -2.41. The first kappa shape index (κ1) is 16.0. The van der Waals surface area contributed by atoms with Gasteiger partial charge in [-0.2, -0.15) is 0 Å². The average Bonchev–Trinajstić information content (AvgIpc) is 2.42. The van der Waals surface area contributed by atoms with E-state index >= 15 is 0 Å². The first-order chi connectivity index (χ1) is 9.42. The molecule has 1 aromatic rings. The highest BCUT2D eigenvalue weighted by molar-refractivity contribution is 7.89. The van der Waals surface area contributed by atoms with E-state index < -0.39 is 10.0 Å². The third-order valence-corrected chi connectivity index (χ3v) is 5.92. The number of nitrogens with one attached hydrogen (secondary N) is 2. The average molecular weight is 337 g/mol. The molecule has 0 heterocycles. The summed E-state index contributed by atoms with van der Waals surface area (Å²) in [6.45, 7) is 0. The van der Waals surface area contributed by atoms with Crippen LogP contribution in [0.15, 0.2) is 23.1 Å². The summed E-state index contributed by atoms with van der Waals surface area (Å²) in [5, 5.41) is 3.81. The van der Waals surface area contributed by atoms with Crippen molar-refractivity contribution in [1.82, 2.24) is 10.0 Å². The van der Waals surface area contributed by atoms with E-state index in [1.165, 1.54) is 18.2 Å². The van der Waals surface area contributed by atoms with E-state index in [4.69, 9.17) is 23.2 Å². The summed E-state index contributed by atoms with van der Waals surface area (Å²) in [7, 11) is -1.60. The molecule has 0 bridgehead atoms. The Balaban J connectivity index is 2.06. The summed E-state index contributed by atoms with van der Waals surface area (Å²) >= 11 is 11.7. The molecule has 1 aliphatic carbocycles. The van der Waals surface area contributed by atoms with Gasteiger partial charge < -0.3 is 5.32 Å². The van der Waals surface area contributed by atoms with E-state index in [2.05, 4.69) is 10.0 Å². The minimum atomic E-state index is -3.54. The molecule has 1 aliphatic rings. The Labute approximate surface area is 129 Å². The minimum absolute atomic E-state index is 0.0148. The molecule has 0 amide bonds. The third kappa shape index (κ3) is 3.86. The molecule has 4 nitrogen and oxygen atoms in total. The number of rotatable bonds is 4. The lowest BCUT2D eigenvalue weighted by atomic mass is 9.92. The van der Waals surface area contributed by atoms with Crippen LogP contribution in [0.1, 0.15) is 25.7 Å². The van der Waals surface area contributed by atoms with Gasteiger partial charge in [-0.05, 0) is 50.9 Å². The van der Waals surface area contributed by atoms with Crippen molar-refractivity contribution in [2.75, 3.05) is 7.05 Å². The Bertz CT molecular complexity index is 570. The Morgan fingerprint density at radius 1 is 1.05 bits per heavy atom. The Morgan fingerprint density at radius 2 is 1.65 bits per heavy atom. The summed E-state index contributed by atoms with van der Waals surface area (Å²) in [4.78, 5) is 0.155. The maximum atomic E-state index is 12.3. The maximum Gasteiger partial charge on any atom is 0.240 e. The van der Waals surface area contributed by atoms with Crippen molar-refractivity contribution in [3.8, 4) is 0 Å². The second-order valence-corrected chi connectivity index (χ2v) is 7.56. The van der Waals surface area contributed by atoms with Crippen LogP contribution in [0.2, 0.25) is 10.0 Å². The maximum absolute atomic E-state index is 12.3. The quantitative estimate of drug-likeness (QED) is 0.888. The van der Waals surface area contributed by atoms with Crippen LogP contribution >= 0.6 is 23.2 Å². The number of benzene rings is 1. The van der Waals surface area contributed by atoms with Crippen LogP contribution in [0.4, 0.5) is 0 Å². The summed E-state index contributed by atoms with van der Waals surface area (Å²) in [5.41, 5.74) is 0. The lowest BCUT2D eigenvalue weighted by molar-refractivity contribution is 0.343. The smallest absolute Gasteiger partial charge is 0.240 e. The summed E-state index contributed by atoms with van der Waals surface area (Å²) in [6, 6.07) is 4.82. The summed E-state index contributed by atoms with van der Waals surface area (Å²) in [6.07, 6.45) is 3.63. The highest BCUT2D eigenvalue weighted by Gasteiger charge is 2.25. The van der Waals surface area contributed by atoms with Crippen molar-refractivity contribution in [3.63, 3.8) is 0 Å². The van der Waals surface area contributed by atoms with Crippen molar-refractivity contribution in [3.05, 3.63) is 28.2 Å². The second-order valence-electron chi connectivity index (χ2n) is 5.03. The van der Waals surface area contributed by atoms with Gasteiger partial charge >= 0.3 is 0 Å². The van der Waals surface area contributed by atoms with Gasteiger partial charge in [-0.25, -0.2) is 13.1 Å². The fourth-order valence-corrected chi connectivity index (χ4v) is 4.13. The van der Waals surface area contributed by atoms with Gasteiger partial charge in [-0.3, -0.25) is 0 Å². The number of sulfonamides is 1. The molecule has 20 heavy (non-hydrogen) atoms. The summed E-state index contributed by atoms with van der Waals surface area (Å²) < 4.78 is 27.3. The van der Waals surface area contributed by atoms with Gasteiger partial charge in [0.05, 0.1) is 14.9 Å². The predicted molar refractivity (Wildman–Crippen MR) is 81.9 cm³/mol. The van der Waals surface area contributed by atoms with E-state index in [9.17, 15) is 8.42 Å². The summed E-state index contributed by atoms with van der Waals surface area (Å²) in [5.74, 6) is 0. The van der Waals surface area contributed by atoms with Crippen molar-refractivity contribution in [2.24, 2.45) is 0 Å². The number of halogens is 2. The van der Waals surface area contributed by atoms with Crippen LogP contribution in [0.5, 0.6) is 0 Å². The van der Waals surface area contributed by atoms with Gasteiger partial charge in [0.2, 0.25) is 10.0 Å². The van der Waals surface area contributed by atoms with Crippen LogP contribution in [0.25, 0.3) is 0 Å². The molecule has 1 aromatic carbocycles. The Kier molecular flexibility index (Phi) is 5.31. The van der Waals surface area contributed by atoms with E-state index in [1.54, 1.807) is 0 Å². The standard InChI is InChI=1S/C13H18Cl2N2O2S/c1-16-9-2-4-10(5-3-9)17-20(18,19)11-6-7-12(14)13(15)8-11/h6-10,16-17H,2-5H2,1H3. The van der Waals surface area contributed by atoms with Crippen LogP contribution in [-0.2, 0) is 10.0 Å². The van der Waals surface area contributed by atoms with Gasteiger partial charge in [0.1, 0.15) is 0 Å². The first-order valence-electron chi connectivity index (χ1n) is 6.57. The van der Waals surface area contributed by atoms with E-state index in [-0.39, 0.29) is 16.0 Å². The molecule has 2 rings (SSSR count). The number of hydrogen-bond acceptors (Lipinski definition) is 3. The van der Waals surface area contributed by atoms with Gasteiger partial charge in [-0.1, -0.05) is 23.2 Å². The molecule has 0 aliphatic heterocycles. The predicted octanol–water partition coefficient (Wildman–Crippen LogP) is 2.80.